The van der Waals surface area contributed by atoms with Crippen molar-refractivity contribution < 1.29 is 120 Å². The van der Waals surface area contributed by atoms with E-state index in [9.17, 15) is 0 Å². The summed E-state index contributed by atoms with van der Waals surface area (Å²) < 4.78 is 20.7. The average molecular weight is 2380 g/mol. The maximum Gasteiger partial charge on any atom is 2.00 e. The molecule has 5 nitrogen and oxygen atoms in total. The van der Waals surface area contributed by atoms with Crippen LogP contribution in [0.1, 0.15) is 289 Å². The minimum absolute atomic E-state index is 0. The molecule has 131 heavy (non-hydrogen) atoms. The number of nitrogens with one attached hydrogen (secondary N) is 1. The van der Waals surface area contributed by atoms with Crippen LogP contribution in [0, 0.1) is 81.7 Å². The fraction of sp³-hybridized carbons (Fsp3) is 0.574. The quantitative estimate of drug-likeness (QED) is 0.0222. The molecule has 0 saturated heterocycles. The van der Waals surface area contributed by atoms with Crippen molar-refractivity contribution in [2.45, 2.75) is 366 Å². The number of rotatable bonds is 32. The van der Waals surface area contributed by atoms with Gasteiger partial charge >= 0.3 is 81.7 Å². The van der Waals surface area contributed by atoms with Gasteiger partial charge in [0, 0.05) is 33.5 Å². The van der Waals surface area contributed by atoms with Gasteiger partial charge in [0.05, 0.1) is 47.6 Å². The Balaban J connectivity index is -0.000000110. The summed E-state index contributed by atoms with van der Waals surface area (Å²) in [6.45, 7) is 49.5. The van der Waals surface area contributed by atoms with Gasteiger partial charge in [-0.2, -0.15) is 0 Å². The van der Waals surface area contributed by atoms with Crippen molar-refractivity contribution in [3.05, 3.63) is 298 Å². The van der Waals surface area contributed by atoms with Crippen LogP contribution in [-0.2, 0) is 120 Å². The second kappa shape index (κ2) is 106. The van der Waals surface area contributed by atoms with Crippen LogP contribution in [0.15, 0.2) is 217 Å². The molecule has 1 N–H and O–H groups in total. The molecule has 0 spiro atoms. The predicted octanol–water partition coefficient (Wildman–Crippen LogP) is 35.5. The van der Waals surface area contributed by atoms with Crippen molar-refractivity contribution >= 4 is 64.2 Å². The zero-order valence-electron chi connectivity index (χ0n) is 87.2. The van der Waals surface area contributed by atoms with Gasteiger partial charge in [-0.1, -0.05) is 312 Å². The minimum Gasteiger partial charge on any atom is -0.449 e. The van der Waals surface area contributed by atoms with Gasteiger partial charge in [0.1, 0.15) is 15.9 Å². The number of benzene rings is 3. The van der Waals surface area contributed by atoms with Crippen LogP contribution in [0.4, 0.5) is 0 Å². The Hall–Kier alpha value is 0.325. The van der Waals surface area contributed by atoms with E-state index in [0.717, 1.165) is 13.1 Å². The molecule has 0 unspecified atom stereocenters. The van der Waals surface area contributed by atoms with E-state index in [2.05, 4.69) is 188 Å². The van der Waals surface area contributed by atoms with Crippen molar-refractivity contribution in [3.63, 3.8) is 0 Å². The minimum atomic E-state index is -1.58. The molecule has 9 aliphatic carbocycles. The average Bonchev–Trinajstić information content (AvgIpc) is 0.835. The van der Waals surface area contributed by atoms with Gasteiger partial charge in [0.2, 0.25) is 0 Å². The molecule has 9 aliphatic rings. The predicted molar refractivity (Wildman–Crippen MR) is 603 cm³/mol. The first-order chi connectivity index (χ1) is 56.3. The van der Waals surface area contributed by atoms with Crippen LogP contribution in [-0.4, -0.2) is 120 Å². The van der Waals surface area contributed by atoms with Crippen molar-refractivity contribution in [2.24, 2.45) is 0 Å². The number of hydrogen-bond donors (Lipinski definition) is 1. The maximum absolute atomic E-state index is 5.97. The molecule has 0 aliphatic heterocycles. The first-order valence-corrected chi connectivity index (χ1v) is 59.0. The summed E-state index contributed by atoms with van der Waals surface area (Å²) in [5, 5.41) is 7.35. The normalized spacial score (nSPS) is 16.9. The third kappa shape index (κ3) is 72.3. The summed E-state index contributed by atoms with van der Waals surface area (Å²) in [6, 6.07) is 32.5. The van der Waals surface area contributed by atoms with E-state index in [-0.39, 0.29) is 184 Å². The summed E-state index contributed by atoms with van der Waals surface area (Å²) in [7, 11) is -2.88. The van der Waals surface area contributed by atoms with Gasteiger partial charge in [-0.05, 0) is 229 Å². The third-order valence-corrected chi connectivity index (χ3v) is 45.8. The van der Waals surface area contributed by atoms with Gasteiger partial charge in [0.25, 0.3) is 0 Å². The largest absolute Gasteiger partial charge is 2.00 e. The van der Waals surface area contributed by atoms with E-state index in [0.29, 0.717) is 63.4 Å². The van der Waals surface area contributed by atoms with Crippen molar-refractivity contribution in [2.75, 3.05) is 52.7 Å². The summed E-state index contributed by atoms with van der Waals surface area (Å²) >= 11 is 0. The molecule has 9 saturated carbocycles. The van der Waals surface area contributed by atoms with Gasteiger partial charge in [-0.25, -0.2) is 0 Å². The molecule has 9 fully saturated rings. The van der Waals surface area contributed by atoms with Crippen molar-refractivity contribution in [1.29, 1.82) is 0 Å². The third-order valence-electron chi connectivity index (χ3n) is 24.7. The second-order valence-electron chi connectivity index (χ2n) is 34.7. The summed E-state index contributed by atoms with van der Waals surface area (Å²) in [5.41, 5.74) is 14.6. The van der Waals surface area contributed by atoms with Crippen molar-refractivity contribution in [3.8, 4) is 0 Å². The number of hydrogen-bond acceptors (Lipinski definition) is 5. The Morgan fingerprint density at radius 3 is 0.527 bits per heavy atom. The van der Waals surface area contributed by atoms with E-state index < -0.39 is 24.6 Å². The number of ether oxygens (including phenoxy) is 3. The summed E-state index contributed by atoms with van der Waals surface area (Å²) in [5.74, 6) is 0. The van der Waals surface area contributed by atoms with Gasteiger partial charge in [-0.3, -0.25) is 0 Å². The Kier molecular flexibility index (Phi) is 129. The van der Waals surface area contributed by atoms with E-state index >= 15 is 0 Å². The van der Waals surface area contributed by atoms with E-state index in [1.807, 2.05) is 23.6 Å². The maximum atomic E-state index is 5.97. The topological polar surface area (TPSA) is 49.0 Å². The summed E-state index contributed by atoms with van der Waals surface area (Å²) in [6.07, 6.45) is 84.8. The molecule has 3 aromatic carbocycles. The Labute approximate surface area is 898 Å². The van der Waals surface area contributed by atoms with Crippen LogP contribution in [0.5, 0.6) is 0 Å². The molecule has 0 atom stereocenters. The molecule has 0 bridgehead atoms. The smallest absolute Gasteiger partial charge is 0.449 e. The Morgan fingerprint density at radius 1 is 0.260 bits per heavy atom. The zero-order valence-corrected chi connectivity index (χ0v) is 101. The standard InChI is InChI=1S/3C18H33P.C18H15P.C8H18OSi2.C6H11N.3C6H10O.11CH3.5Pd/c4*1-4-10-16(11-5-1)19(17-12-6-2-7-13-17)18-14-8-3-9-15-18;1-7-10(3,4)9-11(5,6)8-2;4*1-3-5-7-6-4-2;;;;;;;;;;;;;;;;/h3*16-18H,1-15H2;1-15H;7-8H,1-2H2,3-6H3;3-4,7H,1-2,5-6H2;3*3-4H,1-2,5-6H2;11*1H3;;;;;/q;;;;;;;;;11*-1;;4*+2/p+1. The second-order valence-corrected chi connectivity index (χ2v) is 54.5. The fourth-order valence-electron chi connectivity index (χ4n) is 19.2. The first-order valence-electron chi connectivity index (χ1n) is 46.9. The zero-order chi connectivity index (χ0) is 82.9. The molecule has 0 amide bonds. The SMILES string of the molecule is C1CCC(P(C2CCCCC2)C2CCCCC2)CC1.C1CCC(P(C2CCCCC2)C2CCCCC2)CC1.C1CCC(P(C2CCCCC2)C2CCCCC2)CC1.C=CCNCC=C.C=CCOCC=C.C=CCOCC=C.C=CCOCC=C.C=C[Si](C)(C)O[Si](C)(C)C=C.[CH3-].[CH3-].[CH3-].[CH3-].[CH3-].[CH3-].[CH3-].[CH3-].[CH3-].[CH3-].[CH3-].[Pd+2].[Pd+2].[Pd+2].[Pd+2].[Pd].c1ccc([PH+](c2ccccc2)c2ccccc2)cc1. The molecular formula is C115H207NO4P4Pd5Si2-2. The first kappa shape index (κ1) is 159. The van der Waals surface area contributed by atoms with Crippen LogP contribution in [0.3, 0.4) is 0 Å². The van der Waals surface area contributed by atoms with Crippen LogP contribution < -0.4 is 21.2 Å². The van der Waals surface area contributed by atoms with Gasteiger partial charge in [0.15, 0.2) is 16.6 Å². The molecule has 12 rings (SSSR count). The monoisotopic (exact) mass is 2380 g/mol. The Bertz CT molecular complexity index is 2440. The molecule has 3 aromatic rings. The fourth-order valence-corrected chi connectivity index (χ4v) is 41.9. The molecule has 16 heteroatoms. The molecular weight excluding hydrogens is 2170 g/mol. The van der Waals surface area contributed by atoms with Gasteiger partial charge < -0.3 is 105 Å². The van der Waals surface area contributed by atoms with Crippen LogP contribution >= 0.6 is 31.7 Å². The molecule has 0 aromatic heterocycles. The van der Waals surface area contributed by atoms with Crippen LogP contribution in [0.25, 0.3) is 0 Å². The van der Waals surface area contributed by atoms with Crippen LogP contribution in [0.2, 0.25) is 26.2 Å². The molecule has 776 valence electrons. The van der Waals surface area contributed by atoms with Gasteiger partial charge in [-0.15, -0.1) is 65.8 Å². The van der Waals surface area contributed by atoms with E-state index in [1.165, 1.54) is 125 Å². The van der Waals surface area contributed by atoms with E-state index in [4.69, 9.17) is 18.3 Å². The Morgan fingerprint density at radius 2 is 0.405 bits per heavy atom. The van der Waals surface area contributed by atoms with E-state index in [1.54, 1.807) is 268 Å². The molecule has 0 radical (unpaired) electrons. The summed E-state index contributed by atoms with van der Waals surface area (Å²) in [4.78, 5) is 0. The molecule has 0 heterocycles. The van der Waals surface area contributed by atoms with Crippen molar-refractivity contribution in [1.82, 2.24) is 5.32 Å².